The molecule has 0 fully saturated rings. The van der Waals surface area contributed by atoms with E-state index >= 15 is 0 Å². The van der Waals surface area contributed by atoms with Gasteiger partial charge in [-0.1, -0.05) is 36.2 Å². The van der Waals surface area contributed by atoms with Crippen molar-refractivity contribution in [3.8, 4) is 0 Å². The van der Waals surface area contributed by atoms with Crippen molar-refractivity contribution in [2.45, 2.75) is 51.0 Å². The summed E-state index contributed by atoms with van der Waals surface area (Å²) in [6, 6.07) is 3.41. The van der Waals surface area contributed by atoms with Crippen molar-refractivity contribution in [3.63, 3.8) is 0 Å². The number of aromatic nitrogens is 2. The lowest BCUT2D eigenvalue weighted by Crippen LogP contribution is -2.36. The first-order valence-corrected chi connectivity index (χ1v) is 9.54. The lowest BCUT2D eigenvalue weighted by atomic mass is 9.97. The average molecular weight is 435 g/mol. The largest absolute Gasteiger partial charge is 0.410 e. The van der Waals surface area contributed by atoms with Gasteiger partial charge in [-0.3, -0.25) is 4.79 Å². The van der Waals surface area contributed by atoms with Gasteiger partial charge in [-0.2, -0.15) is 18.3 Å². The lowest BCUT2D eigenvalue weighted by molar-refractivity contribution is -0.173. The molecule has 3 unspecified atom stereocenters. The van der Waals surface area contributed by atoms with E-state index in [0.29, 0.717) is 17.0 Å². The van der Waals surface area contributed by atoms with Gasteiger partial charge in [0.25, 0.3) is 5.91 Å². The number of hydrogen-bond acceptors (Lipinski definition) is 3. The Morgan fingerprint density at radius 2 is 2.07 bits per heavy atom. The highest BCUT2D eigenvalue weighted by Crippen LogP contribution is 2.44. The Labute approximate surface area is 170 Å². The van der Waals surface area contributed by atoms with Crippen LogP contribution in [0.25, 0.3) is 0 Å². The maximum Gasteiger partial charge on any atom is 0.410 e. The molecule has 2 heterocycles. The van der Waals surface area contributed by atoms with E-state index in [0.717, 1.165) is 4.68 Å². The molecule has 5 nitrogen and oxygen atoms in total. The van der Waals surface area contributed by atoms with Crippen LogP contribution in [-0.2, 0) is 0 Å². The van der Waals surface area contributed by atoms with Crippen LogP contribution in [0, 0.1) is 0 Å². The van der Waals surface area contributed by atoms with Crippen LogP contribution in [0.15, 0.2) is 24.3 Å². The number of halogens is 5. The molecule has 0 spiro atoms. The summed E-state index contributed by atoms with van der Waals surface area (Å²) >= 11 is 11.9. The van der Waals surface area contributed by atoms with Gasteiger partial charge in [0.1, 0.15) is 5.82 Å². The molecular weight excluding hydrogens is 416 g/mol. The van der Waals surface area contributed by atoms with Crippen LogP contribution in [0.4, 0.5) is 19.0 Å². The Balaban J connectivity index is 1.95. The molecule has 0 bridgehead atoms. The van der Waals surface area contributed by atoms with Crippen LogP contribution in [0.5, 0.6) is 0 Å². The van der Waals surface area contributed by atoms with Crippen LogP contribution in [0.2, 0.25) is 10.0 Å². The Kier molecular flexibility index (Phi) is 5.82. The van der Waals surface area contributed by atoms with Crippen LogP contribution in [0.1, 0.15) is 54.8 Å². The van der Waals surface area contributed by atoms with E-state index in [4.69, 9.17) is 23.2 Å². The Morgan fingerprint density at radius 3 is 2.68 bits per heavy atom. The monoisotopic (exact) mass is 434 g/mol. The summed E-state index contributed by atoms with van der Waals surface area (Å²) in [5, 5.41) is 10.2. The van der Waals surface area contributed by atoms with Gasteiger partial charge in [-0.05, 0) is 31.0 Å². The van der Waals surface area contributed by atoms with Gasteiger partial charge in [0, 0.05) is 18.5 Å². The number of alkyl halides is 3. The number of carbonyl (C=O) groups excluding carboxylic acids is 1. The molecule has 0 saturated heterocycles. The van der Waals surface area contributed by atoms with E-state index in [-0.39, 0.29) is 29.0 Å². The number of anilines is 1. The predicted molar refractivity (Wildman–Crippen MR) is 102 cm³/mol. The molecule has 0 aliphatic carbocycles. The topological polar surface area (TPSA) is 59.0 Å². The summed E-state index contributed by atoms with van der Waals surface area (Å²) in [4.78, 5) is 12.3. The van der Waals surface area contributed by atoms with Crippen LogP contribution < -0.4 is 10.6 Å². The van der Waals surface area contributed by atoms with E-state index in [1.54, 1.807) is 12.1 Å². The van der Waals surface area contributed by atoms with E-state index in [1.165, 1.54) is 12.1 Å². The fourth-order valence-corrected chi connectivity index (χ4v) is 3.34. The quantitative estimate of drug-likeness (QED) is 0.678. The number of nitrogens with zero attached hydrogens (tertiary/aromatic N) is 2. The van der Waals surface area contributed by atoms with Gasteiger partial charge in [0.05, 0.1) is 16.1 Å². The fourth-order valence-electron chi connectivity index (χ4n) is 3.03. The summed E-state index contributed by atoms with van der Waals surface area (Å²) in [5.41, 5.74) is 0.508. The Morgan fingerprint density at radius 1 is 1.36 bits per heavy atom. The summed E-state index contributed by atoms with van der Waals surface area (Å²) in [6.07, 6.45) is -4.12. The third kappa shape index (κ3) is 4.22. The van der Waals surface area contributed by atoms with Crippen LogP contribution in [-0.4, -0.2) is 27.9 Å². The number of hydrogen-bond donors (Lipinski definition) is 2. The van der Waals surface area contributed by atoms with Crippen molar-refractivity contribution < 1.29 is 18.0 Å². The summed E-state index contributed by atoms with van der Waals surface area (Å²) < 4.78 is 41.9. The first-order valence-electron chi connectivity index (χ1n) is 8.78. The summed E-state index contributed by atoms with van der Waals surface area (Å²) in [6.45, 7) is 3.71. The van der Waals surface area contributed by atoms with E-state index in [9.17, 15) is 18.0 Å². The number of benzene rings is 1. The smallest absolute Gasteiger partial charge is 0.363 e. The number of nitrogens with one attached hydrogen (secondary N) is 2. The first-order chi connectivity index (χ1) is 13.1. The Hall–Kier alpha value is -1.93. The van der Waals surface area contributed by atoms with Crippen molar-refractivity contribution in [2.24, 2.45) is 0 Å². The molecule has 3 atom stereocenters. The highest BCUT2D eigenvalue weighted by atomic mass is 35.5. The molecule has 1 aromatic carbocycles. The average Bonchev–Trinajstić information content (AvgIpc) is 3.06. The molecular formula is C18H19Cl2F3N4O. The molecule has 10 heteroatoms. The van der Waals surface area contributed by atoms with Crippen LogP contribution in [0.3, 0.4) is 0 Å². The zero-order chi connectivity index (χ0) is 20.6. The molecule has 3 rings (SSSR count). The van der Waals surface area contributed by atoms with Crippen molar-refractivity contribution in [2.75, 3.05) is 5.32 Å². The molecule has 1 amide bonds. The third-order valence-electron chi connectivity index (χ3n) is 4.76. The molecule has 0 radical (unpaired) electrons. The first kappa shape index (κ1) is 20.8. The SMILES string of the molecule is CCC(C)NC(=O)c1cc2n(n1)C(C(F)(F)F)CC(c1ccc(Cl)c(Cl)c1)N2. The summed E-state index contributed by atoms with van der Waals surface area (Å²) in [5.74, 6) is -0.385. The molecule has 1 aliphatic heterocycles. The number of carbonyl (C=O) groups is 1. The highest BCUT2D eigenvalue weighted by molar-refractivity contribution is 6.42. The van der Waals surface area contributed by atoms with Gasteiger partial charge >= 0.3 is 6.18 Å². The number of amides is 1. The second-order valence-corrected chi connectivity index (χ2v) is 7.62. The van der Waals surface area contributed by atoms with E-state index in [2.05, 4.69) is 15.7 Å². The maximum absolute atomic E-state index is 13.7. The second kappa shape index (κ2) is 7.83. The van der Waals surface area contributed by atoms with Crippen molar-refractivity contribution >= 4 is 34.9 Å². The zero-order valence-electron chi connectivity index (χ0n) is 15.1. The van der Waals surface area contributed by atoms with Gasteiger partial charge in [-0.25, -0.2) is 4.68 Å². The van der Waals surface area contributed by atoms with E-state index < -0.39 is 24.2 Å². The fraction of sp³-hybridized carbons (Fsp3) is 0.444. The summed E-state index contributed by atoms with van der Waals surface area (Å²) in [7, 11) is 0. The minimum absolute atomic E-state index is 0.0631. The molecule has 152 valence electrons. The minimum atomic E-state index is -4.53. The van der Waals surface area contributed by atoms with Gasteiger partial charge in [0.2, 0.25) is 0 Å². The molecule has 1 aromatic heterocycles. The maximum atomic E-state index is 13.7. The number of fused-ring (bicyclic) bond motifs is 1. The standard InChI is InChI=1S/C18H19Cl2F3N4O/c1-3-9(2)24-17(28)14-8-16-25-13(10-4-5-11(19)12(20)6-10)7-15(18(21,22)23)27(16)26-14/h4-6,8-9,13,15,25H,3,7H2,1-2H3,(H,24,28). The van der Waals surface area contributed by atoms with Gasteiger partial charge in [-0.15, -0.1) is 0 Å². The third-order valence-corrected chi connectivity index (χ3v) is 5.50. The lowest BCUT2D eigenvalue weighted by Gasteiger charge is -2.33. The van der Waals surface area contributed by atoms with E-state index in [1.807, 2.05) is 13.8 Å². The molecule has 2 N–H and O–H groups in total. The molecule has 2 aromatic rings. The Bertz CT molecular complexity index is 884. The molecule has 1 aliphatic rings. The predicted octanol–water partition coefficient (Wildman–Crippen LogP) is 5.38. The van der Waals surface area contributed by atoms with Crippen LogP contribution >= 0.6 is 23.2 Å². The zero-order valence-corrected chi connectivity index (χ0v) is 16.7. The van der Waals surface area contributed by atoms with Crippen molar-refractivity contribution in [1.29, 1.82) is 0 Å². The molecule has 0 saturated carbocycles. The minimum Gasteiger partial charge on any atom is -0.363 e. The van der Waals surface area contributed by atoms with Gasteiger partial charge in [0.15, 0.2) is 11.7 Å². The van der Waals surface area contributed by atoms with Crippen molar-refractivity contribution in [1.82, 2.24) is 15.1 Å². The number of rotatable bonds is 4. The van der Waals surface area contributed by atoms with Crippen molar-refractivity contribution in [3.05, 3.63) is 45.6 Å². The van der Waals surface area contributed by atoms with Gasteiger partial charge < -0.3 is 10.6 Å². The second-order valence-electron chi connectivity index (χ2n) is 6.81. The normalized spacial score (nSPS) is 20.2. The molecule has 28 heavy (non-hydrogen) atoms. The highest BCUT2D eigenvalue weighted by Gasteiger charge is 2.46.